The second-order valence-electron chi connectivity index (χ2n) is 4.63. The van der Waals surface area contributed by atoms with Gasteiger partial charge in [-0.3, -0.25) is 4.79 Å². The van der Waals surface area contributed by atoms with E-state index < -0.39 is 0 Å². The van der Waals surface area contributed by atoms with E-state index in [-0.39, 0.29) is 5.91 Å². The predicted molar refractivity (Wildman–Crippen MR) is 79.0 cm³/mol. The van der Waals surface area contributed by atoms with Gasteiger partial charge in [0.2, 0.25) is 5.91 Å². The van der Waals surface area contributed by atoms with E-state index in [1.54, 1.807) is 24.8 Å². The van der Waals surface area contributed by atoms with Crippen molar-refractivity contribution in [3.63, 3.8) is 0 Å². The monoisotopic (exact) mass is 309 g/mol. The second kappa shape index (κ2) is 7.28. The van der Waals surface area contributed by atoms with Crippen LogP contribution in [0.2, 0.25) is 0 Å². The van der Waals surface area contributed by atoms with Gasteiger partial charge in [-0.2, -0.15) is 0 Å². The number of rotatable bonds is 7. The van der Waals surface area contributed by atoms with E-state index in [9.17, 15) is 4.79 Å². The average molecular weight is 309 g/mol. The zero-order valence-corrected chi connectivity index (χ0v) is 13.2. The number of hydrogen-bond donors (Lipinski definition) is 1. The number of carbonyl (C=O) groups is 1. The number of nitrogens with one attached hydrogen (secondary N) is 1. The molecule has 7 nitrogen and oxygen atoms in total. The number of ether oxygens (including phenoxy) is 1. The van der Waals surface area contributed by atoms with Crippen LogP contribution in [0.5, 0.6) is 0 Å². The quantitative estimate of drug-likeness (QED) is 0.820. The van der Waals surface area contributed by atoms with Crippen LogP contribution in [0.1, 0.15) is 21.4 Å². The molecule has 0 bridgehead atoms. The summed E-state index contributed by atoms with van der Waals surface area (Å²) in [5.41, 5.74) is 0.927. The van der Waals surface area contributed by atoms with Gasteiger partial charge in [-0.25, -0.2) is 4.98 Å². The second-order valence-corrected chi connectivity index (χ2v) is 5.92. The van der Waals surface area contributed by atoms with Gasteiger partial charge in [0.05, 0.1) is 30.3 Å². The van der Waals surface area contributed by atoms with Gasteiger partial charge >= 0.3 is 0 Å². The molecule has 1 amide bonds. The molecule has 1 N–H and O–H groups in total. The number of methoxy groups -OCH3 is 1. The largest absolute Gasteiger partial charge is 0.383 e. The summed E-state index contributed by atoms with van der Waals surface area (Å²) in [5.74, 6) is 0.681. The smallest absolute Gasteiger partial charge is 0.225 e. The van der Waals surface area contributed by atoms with Crippen molar-refractivity contribution in [2.45, 2.75) is 33.4 Å². The summed E-state index contributed by atoms with van der Waals surface area (Å²) in [6, 6.07) is 0. The summed E-state index contributed by atoms with van der Waals surface area (Å²) in [5, 5.41) is 11.7. The van der Waals surface area contributed by atoms with Crippen molar-refractivity contribution in [2.75, 3.05) is 13.7 Å². The van der Waals surface area contributed by atoms with E-state index in [2.05, 4.69) is 20.5 Å². The minimum absolute atomic E-state index is 0.0389. The molecule has 21 heavy (non-hydrogen) atoms. The molecule has 0 fully saturated rings. The van der Waals surface area contributed by atoms with E-state index in [0.29, 0.717) is 26.1 Å². The lowest BCUT2D eigenvalue weighted by molar-refractivity contribution is -0.120. The summed E-state index contributed by atoms with van der Waals surface area (Å²) in [6.07, 6.45) is 1.99. The van der Waals surface area contributed by atoms with Crippen LogP contribution in [0, 0.1) is 13.8 Å². The van der Waals surface area contributed by atoms with Crippen molar-refractivity contribution in [1.29, 1.82) is 0 Å². The highest BCUT2D eigenvalue weighted by molar-refractivity contribution is 7.11. The van der Waals surface area contributed by atoms with E-state index >= 15 is 0 Å². The molecule has 0 spiro atoms. The van der Waals surface area contributed by atoms with Crippen molar-refractivity contribution < 1.29 is 9.53 Å². The Morgan fingerprint density at radius 1 is 1.48 bits per heavy atom. The van der Waals surface area contributed by atoms with Gasteiger partial charge in [0.25, 0.3) is 0 Å². The first-order chi connectivity index (χ1) is 10.1. The standard InChI is InChI=1S/C13H19N5O2S/c1-9-11(21-10(2)16-9)6-13(19)14-7-12-17-15-8-18(12)4-5-20-3/h8H,4-7H2,1-3H3,(H,14,19). The number of thiazole rings is 1. The van der Waals surface area contributed by atoms with Crippen molar-refractivity contribution in [1.82, 2.24) is 25.1 Å². The van der Waals surface area contributed by atoms with Crippen LogP contribution in [0.15, 0.2) is 6.33 Å². The molecule has 2 rings (SSSR count). The lowest BCUT2D eigenvalue weighted by atomic mass is 10.3. The maximum atomic E-state index is 12.0. The minimum atomic E-state index is -0.0389. The van der Waals surface area contributed by atoms with Crippen molar-refractivity contribution >= 4 is 17.2 Å². The normalized spacial score (nSPS) is 10.8. The molecule has 0 saturated heterocycles. The fourth-order valence-electron chi connectivity index (χ4n) is 1.92. The summed E-state index contributed by atoms with van der Waals surface area (Å²) < 4.78 is 6.89. The SMILES string of the molecule is COCCn1cnnc1CNC(=O)Cc1sc(C)nc1C. The molecule has 0 unspecified atom stereocenters. The Balaban J connectivity index is 1.86. The van der Waals surface area contributed by atoms with Gasteiger partial charge < -0.3 is 14.6 Å². The fraction of sp³-hybridized carbons (Fsp3) is 0.538. The Labute approximate surface area is 127 Å². The highest BCUT2D eigenvalue weighted by Crippen LogP contribution is 2.17. The van der Waals surface area contributed by atoms with Gasteiger partial charge in [-0.15, -0.1) is 21.5 Å². The molecule has 2 aromatic heterocycles. The third-order valence-electron chi connectivity index (χ3n) is 3.00. The van der Waals surface area contributed by atoms with E-state index in [0.717, 1.165) is 21.4 Å². The first kappa shape index (κ1) is 15.6. The first-order valence-corrected chi connectivity index (χ1v) is 7.47. The molecule has 0 aromatic carbocycles. The van der Waals surface area contributed by atoms with E-state index in [1.807, 2.05) is 18.4 Å². The molecule has 0 atom stereocenters. The molecular weight excluding hydrogens is 290 g/mol. The maximum Gasteiger partial charge on any atom is 0.225 e. The molecule has 114 valence electrons. The average Bonchev–Trinajstić information content (AvgIpc) is 3.01. The Morgan fingerprint density at radius 3 is 2.95 bits per heavy atom. The number of nitrogens with zero attached hydrogens (tertiary/aromatic N) is 4. The summed E-state index contributed by atoms with van der Waals surface area (Å²) in [7, 11) is 1.64. The fourth-order valence-corrected chi connectivity index (χ4v) is 2.85. The molecule has 0 aliphatic rings. The van der Waals surface area contributed by atoms with Crippen LogP contribution in [-0.4, -0.2) is 39.4 Å². The summed E-state index contributed by atoms with van der Waals surface area (Å²) in [4.78, 5) is 17.3. The maximum absolute atomic E-state index is 12.0. The minimum Gasteiger partial charge on any atom is -0.383 e. The van der Waals surface area contributed by atoms with Gasteiger partial charge in [-0.05, 0) is 13.8 Å². The molecule has 0 saturated carbocycles. The Bertz CT molecular complexity index is 607. The number of aromatic nitrogens is 4. The number of aryl methyl sites for hydroxylation is 2. The highest BCUT2D eigenvalue weighted by atomic mass is 32.1. The molecule has 0 aliphatic heterocycles. The third kappa shape index (κ3) is 4.33. The van der Waals surface area contributed by atoms with Gasteiger partial charge in [0.15, 0.2) is 5.82 Å². The van der Waals surface area contributed by atoms with Crippen LogP contribution in [0.3, 0.4) is 0 Å². The lowest BCUT2D eigenvalue weighted by Crippen LogP contribution is -2.26. The number of amides is 1. The zero-order chi connectivity index (χ0) is 15.2. The first-order valence-electron chi connectivity index (χ1n) is 6.65. The van der Waals surface area contributed by atoms with Gasteiger partial charge in [0, 0.05) is 18.5 Å². The summed E-state index contributed by atoms with van der Waals surface area (Å²) >= 11 is 1.56. The number of carbonyl (C=O) groups excluding carboxylic acids is 1. The van der Waals surface area contributed by atoms with Gasteiger partial charge in [-0.1, -0.05) is 0 Å². The van der Waals surface area contributed by atoms with Crippen molar-refractivity contribution in [3.05, 3.63) is 27.7 Å². The molecule has 0 aliphatic carbocycles. The zero-order valence-electron chi connectivity index (χ0n) is 12.4. The van der Waals surface area contributed by atoms with Crippen LogP contribution < -0.4 is 5.32 Å². The molecule has 2 aromatic rings. The van der Waals surface area contributed by atoms with E-state index in [1.165, 1.54) is 0 Å². The van der Waals surface area contributed by atoms with Crippen LogP contribution in [0.25, 0.3) is 0 Å². The molecule has 8 heteroatoms. The van der Waals surface area contributed by atoms with Crippen LogP contribution in [0.4, 0.5) is 0 Å². The molecular formula is C13H19N5O2S. The highest BCUT2D eigenvalue weighted by Gasteiger charge is 2.11. The number of hydrogen-bond acceptors (Lipinski definition) is 6. The predicted octanol–water partition coefficient (Wildman–Crippen LogP) is 0.857. The Kier molecular flexibility index (Phi) is 5.40. The lowest BCUT2D eigenvalue weighted by Gasteiger charge is -2.07. The Hall–Kier alpha value is -1.80. The molecule has 2 heterocycles. The van der Waals surface area contributed by atoms with E-state index in [4.69, 9.17) is 4.74 Å². The van der Waals surface area contributed by atoms with Crippen molar-refractivity contribution in [3.8, 4) is 0 Å². The van der Waals surface area contributed by atoms with Crippen molar-refractivity contribution in [2.24, 2.45) is 0 Å². The van der Waals surface area contributed by atoms with Gasteiger partial charge in [0.1, 0.15) is 6.33 Å². The molecule has 0 radical (unpaired) electrons. The Morgan fingerprint density at radius 2 is 2.29 bits per heavy atom. The summed E-state index contributed by atoms with van der Waals surface area (Å²) in [6.45, 7) is 5.48. The third-order valence-corrected chi connectivity index (χ3v) is 4.07. The van der Waals surface area contributed by atoms with Crippen LogP contribution >= 0.6 is 11.3 Å². The topological polar surface area (TPSA) is 81.9 Å². The van der Waals surface area contributed by atoms with Crippen LogP contribution in [-0.2, 0) is 29.0 Å².